The lowest BCUT2D eigenvalue weighted by Crippen LogP contribution is -2.17. The SMILES string of the molecule is Clc1ccc(/C=N\NC2=NCCCCC2)cc1. The summed E-state index contributed by atoms with van der Waals surface area (Å²) < 4.78 is 0. The summed E-state index contributed by atoms with van der Waals surface area (Å²) in [4.78, 5) is 4.44. The average molecular weight is 250 g/mol. The molecule has 90 valence electrons. The van der Waals surface area contributed by atoms with Gasteiger partial charge in [0.1, 0.15) is 5.84 Å². The van der Waals surface area contributed by atoms with Gasteiger partial charge in [-0.2, -0.15) is 5.10 Å². The molecule has 1 aliphatic rings. The van der Waals surface area contributed by atoms with Crippen molar-refractivity contribution in [1.82, 2.24) is 5.43 Å². The Labute approximate surface area is 107 Å². The van der Waals surface area contributed by atoms with Crippen LogP contribution in [0, 0.1) is 0 Å². The van der Waals surface area contributed by atoms with E-state index < -0.39 is 0 Å². The number of amidine groups is 1. The maximum absolute atomic E-state index is 5.81. The van der Waals surface area contributed by atoms with E-state index in [2.05, 4.69) is 15.5 Å². The molecule has 1 N–H and O–H groups in total. The van der Waals surface area contributed by atoms with Gasteiger partial charge in [-0.15, -0.1) is 0 Å². The van der Waals surface area contributed by atoms with Gasteiger partial charge in [0.15, 0.2) is 0 Å². The first-order valence-corrected chi connectivity index (χ1v) is 6.30. The lowest BCUT2D eigenvalue weighted by Gasteiger charge is -2.01. The van der Waals surface area contributed by atoms with Gasteiger partial charge < -0.3 is 0 Å². The highest BCUT2D eigenvalue weighted by Gasteiger charge is 2.01. The third-order valence-electron chi connectivity index (χ3n) is 2.65. The number of hydrazone groups is 1. The van der Waals surface area contributed by atoms with Crippen molar-refractivity contribution in [2.45, 2.75) is 25.7 Å². The van der Waals surface area contributed by atoms with Crippen molar-refractivity contribution in [2.24, 2.45) is 10.1 Å². The average Bonchev–Trinajstić information content (AvgIpc) is 2.60. The molecule has 1 aromatic carbocycles. The first kappa shape index (κ1) is 12.1. The van der Waals surface area contributed by atoms with Crippen LogP contribution >= 0.6 is 11.6 Å². The molecule has 0 amide bonds. The van der Waals surface area contributed by atoms with E-state index in [1.54, 1.807) is 6.21 Å². The number of rotatable bonds is 2. The third-order valence-corrected chi connectivity index (χ3v) is 2.90. The zero-order chi connectivity index (χ0) is 11.9. The Hall–Kier alpha value is -1.35. The van der Waals surface area contributed by atoms with Gasteiger partial charge in [0.25, 0.3) is 0 Å². The maximum atomic E-state index is 5.81. The van der Waals surface area contributed by atoms with Crippen LogP contribution in [0.15, 0.2) is 34.4 Å². The second kappa shape index (κ2) is 6.40. The molecule has 1 heterocycles. The van der Waals surface area contributed by atoms with Gasteiger partial charge in [-0.3, -0.25) is 10.4 Å². The summed E-state index contributed by atoms with van der Waals surface area (Å²) in [5, 5.41) is 4.93. The second-order valence-electron chi connectivity index (χ2n) is 4.06. The fourth-order valence-electron chi connectivity index (χ4n) is 1.70. The van der Waals surface area contributed by atoms with Crippen molar-refractivity contribution < 1.29 is 0 Å². The number of nitrogens with one attached hydrogen (secondary N) is 1. The number of nitrogens with zero attached hydrogens (tertiary/aromatic N) is 2. The van der Waals surface area contributed by atoms with Crippen LogP contribution in [0.2, 0.25) is 5.02 Å². The van der Waals surface area contributed by atoms with E-state index in [-0.39, 0.29) is 0 Å². The fourth-order valence-corrected chi connectivity index (χ4v) is 1.82. The van der Waals surface area contributed by atoms with E-state index in [1.807, 2.05) is 24.3 Å². The summed E-state index contributed by atoms with van der Waals surface area (Å²) in [6, 6.07) is 7.57. The molecular weight excluding hydrogens is 234 g/mol. The zero-order valence-electron chi connectivity index (χ0n) is 9.69. The highest BCUT2D eigenvalue weighted by Crippen LogP contribution is 2.08. The summed E-state index contributed by atoms with van der Waals surface area (Å²) in [5.74, 6) is 0.993. The Kier molecular flexibility index (Phi) is 4.56. The molecule has 1 aromatic rings. The summed E-state index contributed by atoms with van der Waals surface area (Å²) in [5.41, 5.74) is 4.04. The molecule has 0 radical (unpaired) electrons. The normalized spacial score (nSPS) is 16.6. The highest BCUT2D eigenvalue weighted by atomic mass is 35.5. The molecule has 0 fully saturated rings. The molecule has 0 spiro atoms. The molecule has 0 aliphatic carbocycles. The van der Waals surface area contributed by atoms with Crippen LogP contribution in [0.25, 0.3) is 0 Å². The van der Waals surface area contributed by atoms with Gasteiger partial charge in [-0.05, 0) is 30.5 Å². The number of hydrogen-bond donors (Lipinski definition) is 1. The summed E-state index contributed by atoms with van der Waals surface area (Å²) in [6.45, 7) is 0.915. The van der Waals surface area contributed by atoms with Crippen LogP contribution < -0.4 is 5.43 Å². The predicted octanol–water partition coefficient (Wildman–Crippen LogP) is 3.24. The molecule has 4 heteroatoms. The Morgan fingerprint density at radius 3 is 2.82 bits per heavy atom. The van der Waals surface area contributed by atoms with Crippen LogP contribution in [0.4, 0.5) is 0 Å². The van der Waals surface area contributed by atoms with Crippen molar-refractivity contribution in [3.63, 3.8) is 0 Å². The van der Waals surface area contributed by atoms with Crippen LogP contribution in [0.1, 0.15) is 31.2 Å². The largest absolute Gasteiger partial charge is 0.271 e. The van der Waals surface area contributed by atoms with E-state index in [0.29, 0.717) is 0 Å². The van der Waals surface area contributed by atoms with Gasteiger partial charge >= 0.3 is 0 Å². The van der Waals surface area contributed by atoms with Crippen molar-refractivity contribution in [3.05, 3.63) is 34.9 Å². The van der Waals surface area contributed by atoms with E-state index in [1.165, 1.54) is 19.3 Å². The Morgan fingerprint density at radius 2 is 2.00 bits per heavy atom. The summed E-state index contributed by atoms with van der Waals surface area (Å²) in [7, 11) is 0. The van der Waals surface area contributed by atoms with Gasteiger partial charge in [-0.25, -0.2) is 0 Å². The number of aliphatic imine (C=N–C) groups is 1. The molecule has 2 rings (SSSR count). The van der Waals surface area contributed by atoms with E-state index in [4.69, 9.17) is 11.6 Å². The topological polar surface area (TPSA) is 36.8 Å². The lowest BCUT2D eigenvalue weighted by molar-refractivity contribution is 0.729. The van der Waals surface area contributed by atoms with Crippen LogP contribution in [-0.2, 0) is 0 Å². The number of hydrogen-bond acceptors (Lipinski definition) is 3. The molecule has 0 aromatic heterocycles. The predicted molar refractivity (Wildman–Crippen MR) is 73.0 cm³/mol. The van der Waals surface area contributed by atoms with Gasteiger partial charge in [0.05, 0.1) is 6.21 Å². The molecular formula is C13H16ClN3. The minimum absolute atomic E-state index is 0.739. The number of benzene rings is 1. The van der Waals surface area contributed by atoms with Crippen LogP contribution in [0.3, 0.4) is 0 Å². The maximum Gasteiger partial charge on any atom is 0.117 e. The lowest BCUT2D eigenvalue weighted by atomic mass is 10.2. The first-order valence-electron chi connectivity index (χ1n) is 5.92. The monoisotopic (exact) mass is 249 g/mol. The Balaban J connectivity index is 1.88. The van der Waals surface area contributed by atoms with Gasteiger partial charge in [0, 0.05) is 18.0 Å². The zero-order valence-corrected chi connectivity index (χ0v) is 10.5. The molecule has 0 atom stereocenters. The van der Waals surface area contributed by atoms with E-state index >= 15 is 0 Å². The van der Waals surface area contributed by atoms with Crippen molar-refractivity contribution in [2.75, 3.05) is 6.54 Å². The van der Waals surface area contributed by atoms with Crippen molar-refractivity contribution >= 4 is 23.7 Å². The fraction of sp³-hybridized carbons (Fsp3) is 0.385. The van der Waals surface area contributed by atoms with E-state index in [0.717, 1.165) is 29.4 Å². The van der Waals surface area contributed by atoms with Crippen molar-refractivity contribution in [3.8, 4) is 0 Å². The minimum Gasteiger partial charge on any atom is -0.271 e. The van der Waals surface area contributed by atoms with Crippen LogP contribution in [0.5, 0.6) is 0 Å². The molecule has 3 nitrogen and oxygen atoms in total. The first-order chi connectivity index (χ1) is 8.34. The molecule has 0 bridgehead atoms. The standard InChI is InChI=1S/C13H16ClN3/c14-12-7-5-11(6-8-12)10-16-17-13-4-2-1-3-9-15-13/h5-8,10H,1-4,9H2,(H,15,17)/b16-10-. The molecule has 1 aliphatic heterocycles. The second-order valence-corrected chi connectivity index (χ2v) is 4.50. The van der Waals surface area contributed by atoms with Gasteiger partial charge in [-0.1, -0.05) is 30.2 Å². The Morgan fingerprint density at radius 1 is 1.18 bits per heavy atom. The molecule has 17 heavy (non-hydrogen) atoms. The highest BCUT2D eigenvalue weighted by molar-refractivity contribution is 6.30. The molecule has 0 saturated carbocycles. The smallest absolute Gasteiger partial charge is 0.117 e. The quantitative estimate of drug-likeness (QED) is 0.634. The third kappa shape index (κ3) is 4.19. The summed E-state index contributed by atoms with van der Waals surface area (Å²) >= 11 is 5.81. The Bertz CT molecular complexity index is 409. The number of halogens is 1. The van der Waals surface area contributed by atoms with E-state index in [9.17, 15) is 0 Å². The van der Waals surface area contributed by atoms with Gasteiger partial charge in [0.2, 0.25) is 0 Å². The summed E-state index contributed by atoms with van der Waals surface area (Å²) in [6.07, 6.45) is 6.42. The molecule has 0 saturated heterocycles. The van der Waals surface area contributed by atoms with Crippen LogP contribution in [-0.4, -0.2) is 18.6 Å². The molecule has 0 unspecified atom stereocenters. The minimum atomic E-state index is 0.739. The van der Waals surface area contributed by atoms with Crippen molar-refractivity contribution in [1.29, 1.82) is 0 Å².